The Hall–Kier alpha value is -0.750. The second-order valence-electron chi connectivity index (χ2n) is 3.20. The average molecular weight is 257 g/mol. The first-order valence-electron chi connectivity index (χ1n) is 4.78. The molecule has 0 radical (unpaired) electrons. The molecule has 0 spiro atoms. The largest absolute Gasteiger partial charge is 0.391 e. The molecule has 0 aromatic carbocycles. The molecule has 3 nitrogen and oxygen atoms in total. The van der Waals surface area contributed by atoms with E-state index in [1.807, 2.05) is 6.92 Å². The van der Waals surface area contributed by atoms with Gasteiger partial charge in [0.05, 0.1) is 24.7 Å². The maximum Gasteiger partial charge on any atom is 0.391 e. The molecule has 0 aliphatic rings. The Morgan fingerprint density at radius 1 is 1.50 bits per heavy atom. The predicted molar refractivity (Wildman–Crippen MR) is 53.2 cm³/mol. The van der Waals surface area contributed by atoms with Crippen molar-refractivity contribution in [1.29, 1.82) is 0 Å². The van der Waals surface area contributed by atoms with E-state index in [0.29, 0.717) is 17.3 Å². The number of alkyl halides is 3. The quantitative estimate of drug-likeness (QED) is 0.757. The number of hydrogen-bond donors (Lipinski definition) is 0. The molecule has 1 rings (SSSR count). The van der Waals surface area contributed by atoms with Crippen LogP contribution in [-0.4, -0.2) is 22.6 Å². The van der Waals surface area contributed by atoms with Gasteiger partial charge in [0.1, 0.15) is 5.69 Å². The van der Waals surface area contributed by atoms with Gasteiger partial charge in [0.15, 0.2) is 0 Å². The molecule has 0 bridgehead atoms. The van der Waals surface area contributed by atoms with Crippen molar-refractivity contribution >= 4 is 11.6 Å². The second-order valence-corrected chi connectivity index (χ2v) is 3.60. The molecule has 0 aliphatic carbocycles. The van der Waals surface area contributed by atoms with E-state index < -0.39 is 12.6 Å². The van der Waals surface area contributed by atoms with Crippen LogP contribution in [0.1, 0.15) is 19.0 Å². The zero-order valence-corrected chi connectivity index (χ0v) is 9.48. The van der Waals surface area contributed by atoms with E-state index in [2.05, 4.69) is 5.10 Å². The third-order valence-electron chi connectivity index (χ3n) is 1.88. The van der Waals surface area contributed by atoms with Crippen molar-refractivity contribution < 1.29 is 17.9 Å². The van der Waals surface area contributed by atoms with Gasteiger partial charge in [0.2, 0.25) is 0 Å². The van der Waals surface area contributed by atoms with Gasteiger partial charge in [-0.3, -0.25) is 4.68 Å². The molecular weight excluding hydrogens is 245 g/mol. The Bertz CT molecular complexity index is 338. The summed E-state index contributed by atoms with van der Waals surface area (Å²) in [7, 11) is 0. The highest BCUT2D eigenvalue weighted by molar-refractivity contribution is 6.31. The predicted octanol–water partition coefficient (Wildman–Crippen LogP) is 3.03. The number of rotatable bonds is 5. The maximum absolute atomic E-state index is 11.8. The highest BCUT2D eigenvalue weighted by Gasteiger charge is 2.26. The van der Waals surface area contributed by atoms with Crippen LogP contribution in [0.4, 0.5) is 13.2 Å². The van der Waals surface area contributed by atoms with Crippen LogP contribution < -0.4 is 0 Å². The van der Waals surface area contributed by atoms with Gasteiger partial charge in [-0.15, -0.1) is 0 Å². The third kappa shape index (κ3) is 4.40. The number of halogens is 4. The van der Waals surface area contributed by atoms with Crippen LogP contribution in [0, 0.1) is 0 Å². The molecule has 92 valence electrons. The summed E-state index contributed by atoms with van der Waals surface area (Å²) in [6.07, 6.45) is -3.53. The second kappa shape index (κ2) is 5.54. The molecule has 1 aromatic rings. The van der Waals surface area contributed by atoms with Gasteiger partial charge in [-0.25, -0.2) is 0 Å². The van der Waals surface area contributed by atoms with Gasteiger partial charge in [-0.05, 0) is 6.92 Å². The summed E-state index contributed by atoms with van der Waals surface area (Å²) in [6.45, 7) is 2.17. The molecule has 0 saturated carbocycles. The molecule has 0 saturated heterocycles. The highest BCUT2D eigenvalue weighted by Crippen LogP contribution is 2.20. The van der Waals surface area contributed by atoms with Crippen molar-refractivity contribution in [1.82, 2.24) is 9.78 Å². The normalized spacial score (nSPS) is 12.1. The third-order valence-corrected chi connectivity index (χ3v) is 2.20. The lowest BCUT2D eigenvalue weighted by atomic mass is 10.4. The van der Waals surface area contributed by atoms with Crippen LogP contribution in [0.2, 0.25) is 5.02 Å². The van der Waals surface area contributed by atoms with Crippen LogP contribution in [0.5, 0.6) is 0 Å². The van der Waals surface area contributed by atoms with E-state index in [4.69, 9.17) is 16.3 Å². The summed E-state index contributed by atoms with van der Waals surface area (Å²) in [5, 5.41) is 4.45. The molecule has 0 amide bonds. The fraction of sp³-hybridized carbons (Fsp3) is 0.667. The van der Waals surface area contributed by atoms with Gasteiger partial charge in [-0.2, -0.15) is 18.3 Å². The first-order valence-corrected chi connectivity index (χ1v) is 5.16. The van der Waals surface area contributed by atoms with E-state index in [-0.39, 0.29) is 13.2 Å². The zero-order chi connectivity index (χ0) is 12.2. The number of ether oxygens (including phenoxy) is 1. The Morgan fingerprint density at radius 3 is 2.69 bits per heavy atom. The zero-order valence-electron chi connectivity index (χ0n) is 8.72. The van der Waals surface area contributed by atoms with Crippen LogP contribution in [-0.2, 0) is 17.9 Å². The van der Waals surface area contributed by atoms with Gasteiger partial charge in [0.25, 0.3) is 0 Å². The fourth-order valence-corrected chi connectivity index (χ4v) is 1.26. The first kappa shape index (κ1) is 13.3. The van der Waals surface area contributed by atoms with Crippen molar-refractivity contribution in [2.24, 2.45) is 0 Å². The van der Waals surface area contributed by atoms with Crippen molar-refractivity contribution in [2.45, 2.75) is 32.7 Å². The van der Waals surface area contributed by atoms with Crippen LogP contribution in [0.15, 0.2) is 6.20 Å². The Balaban J connectivity index is 2.34. The van der Waals surface area contributed by atoms with Crippen molar-refractivity contribution in [3.05, 3.63) is 16.9 Å². The van der Waals surface area contributed by atoms with Gasteiger partial charge >= 0.3 is 6.18 Å². The Kier molecular flexibility index (Phi) is 4.61. The van der Waals surface area contributed by atoms with E-state index in [1.165, 1.54) is 0 Å². The van der Waals surface area contributed by atoms with E-state index in [1.54, 1.807) is 10.9 Å². The SMILES string of the molecule is CCn1cc(Cl)c(COCCC(F)(F)F)n1. The molecule has 1 heterocycles. The smallest absolute Gasteiger partial charge is 0.375 e. The Morgan fingerprint density at radius 2 is 2.19 bits per heavy atom. The van der Waals surface area contributed by atoms with E-state index in [9.17, 15) is 13.2 Å². The van der Waals surface area contributed by atoms with Crippen molar-refractivity contribution in [2.75, 3.05) is 6.61 Å². The minimum Gasteiger partial charge on any atom is -0.375 e. The molecule has 7 heteroatoms. The Labute approximate surface area is 96.1 Å². The lowest BCUT2D eigenvalue weighted by molar-refractivity contribution is -0.146. The summed E-state index contributed by atoms with van der Waals surface area (Å²) in [4.78, 5) is 0. The van der Waals surface area contributed by atoms with Crippen LogP contribution in [0.3, 0.4) is 0 Å². The molecule has 1 aromatic heterocycles. The molecule has 0 fully saturated rings. The number of aromatic nitrogens is 2. The summed E-state index contributed by atoms with van der Waals surface area (Å²) >= 11 is 5.81. The first-order chi connectivity index (χ1) is 7.42. The topological polar surface area (TPSA) is 27.1 Å². The van der Waals surface area contributed by atoms with Gasteiger partial charge in [-0.1, -0.05) is 11.6 Å². The average Bonchev–Trinajstić information content (AvgIpc) is 2.53. The van der Waals surface area contributed by atoms with Crippen LogP contribution in [0.25, 0.3) is 0 Å². The molecule has 0 N–H and O–H groups in total. The molecule has 0 aliphatic heterocycles. The van der Waals surface area contributed by atoms with E-state index >= 15 is 0 Å². The van der Waals surface area contributed by atoms with Crippen molar-refractivity contribution in [3.63, 3.8) is 0 Å². The lowest BCUT2D eigenvalue weighted by Crippen LogP contribution is -2.11. The molecule has 16 heavy (non-hydrogen) atoms. The number of hydrogen-bond acceptors (Lipinski definition) is 2. The molecule has 0 atom stereocenters. The summed E-state index contributed by atoms with van der Waals surface area (Å²) in [5.74, 6) is 0. The van der Waals surface area contributed by atoms with Gasteiger partial charge < -0.3 is 4.74 Å². The molecular formula is C9H12ClF3N2O. The monoisotopic (exact) mass is 256 g/mol. The summed E-state index contributed by atoms with van der Waals surface area (Å²) in [6, 6.07) is 0. The minimum atomic E-state index is -4.19. The fourth-order valence-electron chi connectivity index (χ4n) is 1.05. The number of nitrogens with zero attached hydrogens (tertiary/aromatic N) is 2. The summed E-state index contributed by atoms with van der Waals surface area (Å²) in [5.41, 5.74) is 0.464. The van der Waals surface area contributed by atoms with Gasteiger partial charge in [0, 0.05) is 12.7 Å². The van der Waals surface area contributed by atoms with Crippen LogP contribution >= 0.6 is 11.6 Å². The number of aryl methyl sites for hydroxylation is 1. The lowest BCUT2D eigenvalue weighted by Gasteiger charge is -2.06. The van der Waals surface area contributed by atoms with Crippen molar-refractivity contribution in [3.8, 4) is 0 Å². The highest BCUT2D eigenvalue weighted by atomic mass is 35.5. The minimum absolute atomic E-state index is 0.00190. The maximum atomic E-state index is 11.8. The van der Waals surface area contributed by atoms with E-state index in [0.717, 1.165) is 0 Å². The standard InChI is InChI=1S/C9H12ClF3N2O/c1-2-15-5-7(10)8(14-15)6-16-4-3-9(11,12)13/h5H,2-4,6H2,1H3. The summed E-state index contributed by atoms with van der Waals surface area (Å²) < 4.78 is 41.8. The molecule has 0 unspecified atom stereocenters.